The SMILES string of the molecule is CCC(C)(NC(=O)CC1CC2CCC1C2)C(N)=S. The molecule has 4 heteroatoms. The molecular formula is C14H24N2OS. The van der Waals surface area contributed by atoms with Gasteiger partial charge in [0.05, 0.1) is 10.5 Å². The predicted molar refractivity (Wildman–Crippen MR) is 77.2 cm³/mol. The molecule has 18 heavy (non-hydrogen) atoms. The van der Waals surface area contributed by atoms with E-state index in [-0.39, 0.29) is 5.91 Å². The molecule has 0 radical (unpaired) electrons. The van der Waals surface area contributed by atoms with Crippen LogP contribution in [0.5, 0.6) is 0 Å². The molecule has 4 unspecified atom stereocenters. The number of amides is 1. The van der Waals surface area contributed by atoms with E-state index in [1.807, 2.05) is 13.8 Å². The van der Waals surface area contributed by atoms with Gasteiger partial charge in [-0.2, -0.15) is 0 Å². The van der Waals surface area contributed by atoms with Crippen molar-refractivity contribution in [2.75, 3.05) is 0 Å². The van der Waals surface area contributed by atoms with Crippen molar-refractivity contribution in [3.05, 3.63) is 0 Å². The molecule has 0 aromatic carbocycles. The third kappa shape index (κ3) is 2.68. The summed E-state index contributed by atoms with van der Waals surface area (Å²) in [4.78, 5) is 12.5. The normalized spacial score (nSPS) is 33.1. The van der Waals surface area contributed by atoms with Gasteiger partial charge in [-0.1, -0.05) is 25.6 Å². The lowest BCUT2D eigenvalue weighted by atomic mass is 9.86. The van der Waals surface area contributed by atoms with Crippen LogP contribution in [-0.2, 0) is 4.79 Å². The standard InChI is InChI=1S/C14H24N2OS/c1-3-14(2,13(15)18)16-12(17)8-11-7-9-4-5-10(11)6-9/h9-11H,3-8H2,1-2H3,(H2,15,18)(H,16,17). The molecule has 2 aliphatic carbocycles. The molecule has 0 aromatic heterocycles. The quantitative estimate of drug-likeness (QED) is 0.753. The second-order valence-corrected chi connectivity index (χ2v) is 6.68. The lowest BCUT2D eigenvalue weighted by Crippen LogP contribution is -2.54. The number of nitrogens with two attached hydrogens (primary N) is 1. The van der Waals surface area contributed by atoms with Crippen molar-refractivity contribution in [2.45, 2.75) is 57.9 Å². The van der Waals surface area contributed by atoms with Crippen molar-refractivity contribution in [3.63, 3.8) is 0 Å². The Labute approximate surface area is 115 Å². The summed E-state index contributed by atoms with van der Waals surface area (Å²) >= 11 is 5.05. The van der Waals surface area contributed by atoms with Gasteiger partial charge in [0.15, 0.2) is 0 Å². The summed E-state index contributed by atoms with van der Waals surface area (Å²) in [6.07, 6.45) is 6.68. The van der Waals surface area contributed by atoms with Crippen molar-refractivity contribution in [1.29, 1.82) is 0 Å². The average Bonchev–Trinajstić information content (AvgIpc) is 2.90. The maximum absolute atomic E-state index is 12.1. The van der Waals surface area contributed by atoms with Crippen molar-refractivity contribution in [1.82, 2.24) is 5.32 Å². The van der Waals surface area contributed by atoms with Crippen LogP contribution in [0.3, 0.4) is 0 Å². The molecule has 2 saturated carbocycles. The molecule has 1 amide bonds. The molecule has 2 bridgehead atoms. The zero-order chi connectivity index (χ0) is 13.3. The number of thiocarbonyl (C=S) groups is 1. The topological polar surface area (TPSA) is 55.1 Å². The molecule has 4 atom stereocenters. The lowest BCUT2D eigenvalue weighted by molar-refractivity contribution is -0.123. The molecule has 2 fully saturated rings. The van der Waals surface area contributed by atoms with Crippen LogP contribution < -0.4 is 11.1 Å². The minimum atomic E-state index is -0.524. The summed E-state index contributed by atoms with van der Waals surface area (Å²) in [5.41, 5.74) is 5.19. The summed E-state index contributed by atoms with van der Waals surface area (Å²) < 4.78 is 0. The Morgan fingerprint density at radius 2 is 2.17 bits per heavy atom. The molecule has 0 aromatic rings. The fraction of sp³-hybridized carbons (Fsp3) is 0.857. The monoisotopic (exact) mass is 268 g/mol. The van der Waals surface area contributed by atoms with E-state index in [1.54, 1.807) is 0 Å². The van der Waals surface area contributed by atoms with E-state index < -0.39 is 5.54 Å². The van der Waals surface area contributed by atoms with Gasteiger partial charge in [0.2, 0.25) is 5.91 Å². The molecule has 3 N–H and O–H groups in total. The number of nitrogens with one attached hydrogen (secondary N) is 1. The summed E-state index contributed by atoms with van der Waals surface area (Å²) in [7, 11) is 0. The lowest BCUT2D eigenvalue weighted by Gasteiger charge is -2.30. The third-order valence-electron chi connectivity index (χ3n) is 5.00. The van der Waals surface area contributed by atoms with Gasteiger partial charge in [-0.3, -0.25) is 4.79 Å². The van der Waals surface area contributed by atoms with Gasteiger partial charge >= 0.3 is 0 Å². The summed E-state index contributed by atoms with van der Waals surface area (Å²) in [5.74, 6) is 2.39. The number of hydrogen-bond acceptors (Lipinski definition) is 2. The minimum absolute atomic E-state index is 0.115. The number of fused-ring (bicyclic) bond motifs is 2. The van der Waals surface area contributed by atoms with Crippen LogP contribution in [0.1, 0.15) is 52.4 Å². The Morgan fingerprint density at radius 3 is 2.61 bits per heavy atom. The van der Waals surface area contributed by atoms with Crippen LogP contribution in [0.4, 0.5) is 0 Å². The highest BCUT2D eigenvalue weighted by Crippen LogP contribution is 2.49. The van der Waals surface area contributed by atoms with Gasteiger partial charge in [0, 0.05) is 6.42 Å². The minimum Gasteiger partial charge on any atom is -0.391 e. The number of hydrogen-bond donors (Lipinski definition) is 2. The number of carbonyl (C=O) groups is 1. The van der Waals surface area contributed by atoms with E-state index >= 15 is 0 Å². The van der Waals surface area contributed by atoms with Crippen LogP contribution in [-0.4, -0.2) is 16.4 Å². The Bertz CT molecular complexity index is 358. The molecule has 0 heterocycles. The zero-order valence-electron chi connectivity index (χ0n) is 11.4. The second kappa shape index (κ2) is 5.16. The fourth-order valence-electron chi connectivity index (χ4n) is 3.55. The summed E-state index contributed by atoms with van der Waals surface area (Å²) in [6, 6.07) is 0. The van der Waals surface area contributed by atoms with E-state index in [9.17, 15) is 4.79 Å². The van der Waals surface area contributed by atoms with E-state index in [2.05, 4.69) is 5.32 Å². The van der Waals surface area contributed by atoms with E-state index in [1.165, 1.54) is 25.7 Å². The first kappa shape index (κ1) is 13.8. The van der Waals surface area contributed by atoms with Crippen molar-refractivity contribution in [2.24, 2.45) is 23.5 Å². The first-order valence-electron chi connectivity index (χ1n) is 7.05. The van der Waals surface area contributed by atoms with Gasteiger partial charge in [0.25, 0.3) is 0 Å². The molecule has 3 nitrogen and oxygen atoms in total. The molecular weight excluding hydrogens is 244 g/mol. The highest BCUT2D eigenvalue weighted by atomic mass is 32.1. The summed E-state index contributed by atoms with van der Waals surface area (Å²) in [5, 5.41) is 3.02. The van der Waals surface area contributed by atoms with E-state index in [0.29, 0.717) is 17.3 Å². The maximum atomic E-state index is 12.1. The van der Waals surface area contributed by atoms with Crippen LogP contribution in [0, 0.1) is 17.8 Å². The predicted octanol–water partition coefficient (Wildman–Crippen LogP) is 2.38. The van der Waals surface area contributed by atoms with Gasteiger partial charge in [-0.15, -0.1) is 0 Å². The van der Waals surface area contributed by atoms with Crippen LogP contribution in [0.25, 0.3) is 0 Å². The van der Waals surface area contributed by atoms with Crippen molar-refractivity contribution in [3.8, 4) is 0 Å². The number of carbonyl (C=O) groups excluding carboxylic acids is 1. The third-order valence-corrected chi connectivity index (χ3v) is 5.45. The molecule has 0 spiro atoms. The van der Waals surface area contributed by atoms with Crippen molar-refractivity contribution < 1.29 is 4.79 Å². The molecule has 0 saturated heterocycles. The molecule has 2 rings (SSSR count). The van der Waals surface area contributed by atoms with E-state index in [4.69, 9.17) is 18.0 Å². The van der Waals surface area contributed by atoms with Crippen LogP contribution in [0.2, 0.25) is 0 Å². The van der Waals surface area contributed by atoms with Gasteiger partial charge < -0.3 is 11.1 Å². The van der Waals surface area contributed by atoms with Crippen LogP contribution in [0.15, 0.2) is 0 Å². The maximum Gasteiger partial charge on any atom is 0.221 e. The Morgan fingerprint density at radius 1 is 1.44 bits per heavy atom. The van der Waals surface area contributed by atoms with E-state index in [0.717, 1.165) is 18.3 Å². The second-order valence-electron chi connectivity index (χ2n) is 6.24. The largest absolute Gasteiger partial charge is 0.391 e. The zero-order valence-corrected chi connectivity index (χ0v) is 12.2. The Hall–Kier alpha value is -0.640. The first-order chi connectivity index (χ1) is 8.44. The molecule has 102 valence electrons. The summed E-state index contributed by atoms with van der Waals surface area (Å²) in [6.45, 7) is 3.91. The van der Waals surface area contributed by atoms with Crippen molar-refractivity contribution >= 4 is 23.1 Å². The highest BCUT2D eigenvalue weighted by molar-refractivity contribution is 7.80. The van der Waals surface area contributed by atoms with Gasteiger partial charge in [-0.05, 0) is 50.4 Å². The first-order valence-corrected chi connectivity index (χ1v) is 7.46. The molecule has 2 aliphatic rings. The fourth-order valence-corrected chi connectivity index (χ4v) is 3.74. The van der Waals surface area contributed by atoms with Gasteiger partial charge in [0.1, 0.15) is 0 Å². The molecule has 0 aliphatic heterocycles. The van der Waals surface area contributed by atoms with Crippen LogP contribution >= 0.6 is 12.2 Å². The van der Waals surface area contributed by atoms with Gasteiger partial charge in [-0.25, -0.2) is 0 Å². The Balaban J connectivity index is 1.87. The highest BCUT2D eigenvalue weighted by Gasteiger charge is 2.40. The Kier molecular flexibility index (Phi) is 3.95. The average molecular weight is 268 g/mol. The number of rotatable bonds is 5. The smallest absolute Gasteiger partial charge is 0.221 e.